The Morgan fingerprint density at radius 2 is 1.94 bits per heavy atom. The Hall–Kier alpha value is -2.82. The van der Waals surface area contributed by atoms with Crippen LogP contribution in [-0.2, 0) is 0 Å². The lowest BCUT2D eigenvalue weighted by Gasteiger charge is -2.28. The van der Waals surface area contributed by atoms with Crippen molar-refractivity contribution in [3.05, 3.63) is 71.6 Å². The fourth-order valence-electron chi connectivity index (χ4n) is 4.92. The van der Waals surface area contributed by atoms with E-state index in [4.69, 9.17) is 16.3 Å². The van der Waals surface area contributed by atoms with Gasteiger partial charge in [0.15, 0.2) is 0 Å². The molecule has 32 heavy (non-hydrogen) atoms. The molecular formula is C27H28ClN3O. The number of hydrogen-bond acceptors (Lipinski definition) is 3. The number of ether oxygens (including phenoxy) is 1. The molecule has 0 radical (unpaired) electrons. The summed E-state index contributed by atoms with van der Waals surface area (Å²) in [5, 5.41) is 5.46. The average Bonchev–Trinajstić information content (AvgIpc) is 3.22. The van der Waals surface area contributed by atoms with Gasteiger partial charge in [-0.25, -0.2) is 0 Å². The summed E-state index contributed by atoms with van der Waals surface area (Å²) >= 11 is 6.42. The van der Waals surface area contributed by atoms with Crippen LogP contribution in [0.5, 0.6) is 5.75 Å². The number of pyridine rings is 1. The summed E-state index contributed by atoms with van der Waals surface area (Å²) in [7, 11) is 1.69. The van der Waals surface area contributed by atoms with E-state index in [9.17, 15) is 0 Å². The molecule has 2 aromatic heterocycles. The number of rotatable bonds is 5. The van der Waals surface area contributed by atoms with Crippen molar-refractivity contribution in [1.29, 1.82) is 0 Å². The topological polar surface area (TPSA) is 49.9 Å². The molecule has 1 saturated heterocycles. The molecule has 1 fully saturated rings. The van der Waals surface area contributed by atoms with Crippen molar-refractivity contribution in [2.75, 3.05) is 20.2 Å². The molecular weight excluding hydrogens is 418 g/mol. The summed E-state index contributed by atoms with van der Waals surface area (Å²) in [6.07, 6.45) is 6.34. The minimum absolute atomic E-state index is 0.393. The van der Waals surface area contributed by atoms with Crippen LogP contribution in [0.3, 0.4) is 0 Å². The number of fused-ring (bicyclic) bond motifs is 1. The van der Waals surface area contributed by atoms with Crippen molar-refractivity contribution >= 4 is 22.5 Å². The SMILES string of the molecule is COc1cccc(-c2cncc(-c3c(C(C)C4CCCNC4)[nH]c4ccc(Cl)cc34)c2)c1. The molecule has 0 spiro atoms. The maximum absolute atomic E-state index is 6.42. The van der Waals surface area contributed by atoms with Gasteiger partial charge in [0.2, 0.25) is 0 Å². The predicted octanol–water partition coefficient (Wildman–Crippen LogP) is 6.66. The second-order valence-electron chi connectivity index (χ2n) is 8.69. The number of halogens is 1. The van der Waals surface area contributed by atoms with E-state index in [1.807, 2.05) is 36.7 Å². The van der Waals surface area contributed by atoms with Gasteiger partial charge in [0.1, 0.15) is 5.75 Å². The molecule has 0 bridgehead atoms. The second kappa shape index (κ2) is 8.97. The van der Waals surface area contributed by atoms with Crippen LogP contribution >= 0.6 is 11.6 Å². The normalized spacial score (nSPS) is 17.4. The zero-order valence-corrected chi connectivity index (χ0v) is 19.2. The van der Waals surface area contributed by atoms with Crippen LogP contribution in [-0.4, -0.2) is 30.2 Å². The first-order valence-electron chi connectivity index (χ1n) is 11.3. The number of H-pyrrole nitrogens is 1. The zero-order chi connectivity index (χ0) is 22.1. The number of piperidine rings is 1. The van der Waals surface area contributed by atoms with Crippen LogP contribution in [0.2, 0.25) is 5.02 Å². The van der Waals surface area contributed by atoms with Gasteiger partial charge in [0, 0.05) is 56.6 Å². The van der Waals surface area contributed by atoms with E-state index >= 15 is 0 Å². The highest BCUT2D eigenvalue weighted by atomic mass is 35.5. The van der Waals surface area contributed by atoms with Crippen molar-refractivity contribution in [1.82, 2.24) is 15.3 Å². The average molecular weight is 446 g/mol. The third-order valence-electron chi connectivity index (χ3n) is 6.72. The fraction of sp³-hybridized carbons (Fsp3) is 0.296. The van der Waals surface area contributed by atoms with Gasteiger partial charge >= 0.3 is 0 Å². The third-order valence-corrected chi connectivity index (χ3v) is 6.95. The lowest BCUT2D eigenvalue weighted by molar-refractivity contribution is 0.332. The Labute approximate surface area is 194 Å². The maximum Gasteiger partial charge on any atom is 0.119 e. The van der Waals surface area contributed by atoms with E-state index in [0.29, 0.717) is 11.8 Å². The van der Waals surface area contributed by atoms with Crippen LogP contribution in [0.1, 0.15) is 31.4 Å². The minimum Gasteiger partial charge on any atom is -0.497 e. The Kier molecular flexibility index (Phi) is 5.90. The van der Waals surface area contributed by atoms with Crippen LogP contribution < -0.4 is 10.1 Å². The molecule has 3 heterocycles. The quantitative estimate of drug-likeness (QED) is 0.361. The van der Waals surface area contributed by atoms with Crippen LogP contribution in [0.4, 0.5) is 0 Å². The highest BCUT2D eigenvalue weighted by Crippen LogP contribution is 2.41. The standard InChI is InChI=1S/C27H28ClN3O/c1-17(19-6-4-10-29-14-19)27-26(24-13-22(28)8-9-25(24)31-27)21-11-20(15-30-16-21)18-5-3-7-23(12-18)32-2/h3,5,7-9,11-13,15-17,19,29,31H,4,6,10,14H2,1-2H3. The summed E-state index contributed by atoms with van der Waals surface area (Å²) in [6.45, 7) is 4.51. The number of benzene rings is 2. The van der Waals surface area contributed by atoms with E-state index in [1.54, 1.807) is 7.11 Å². The number of methoxy groups -OCH3 is 1. The third kappa shape index (κ3) is 4.01. The molecule has 4 nitrogen and oxygen atoms in total. The molecule has 0 amide bonds. The Bertz CT molecular complexity index is 1240. The van der Waals surface area contributed by atoms with Gasteiger partial charge in [0.05, 0.1) is 7.11 Å². The monoisotopic (exact) mass is 445 g/mol. The van der Waals surface area contributed by atoms with Crippen molar-refractivity contribution < 1.29 is 4.74 Å². The van der Waals surface area contributed by atoms with E-state index in [0.717, 1.165) is 51.5 Å². The molecule has 2 atom stereocenters. The molecule has 0 aliphatic carbocycles. The van der Waals surface area contributed by atoms with Crippen molar-refractivity contribution in [3.8, 4) is 28.0 Å². The molecule has 164 valence electrons. The minimum atomic E-state index is 0.393. The van der Waals surface area contributed by atoms with Gasteiger partial charge in [-0.2, -0.15) is 0 Å². The predicted molar refractivity (Wildman–Crippen MR) is 133 cm³/mol. The van der Waals surface area contributed by atoms with Crippen molar-refractivity contribution in [3.63, 3.8) is 0 Å². The highest BCUT2D eigenvalue weighted by Gasteiger charge is 2.26. The first-order valence-corrected chi connectivity index (χ1v) is 11.6. The van der Waals surface area contributed by atoms with Gasteiger partial charge < -0.3 is 15.0 Å². The lowest BCUT2D eigenvalue weighted by Crippen LogP contribution is -2.32. The first-order chi connectivity index (χ1) is 15.6. The fourth-order valence-corrected chi connectivity index (χ4v) is 5.09. The van der Waals surface area contributed by atoms with Crippen LogP contribution in [0.15, 0.2) is 60.9 Å². The molecule has 1 aliphatic rings. The van der Waals surface area contributed by atoms with E-state index in [1.165, 1.54) is 24.1 Å². The van der Waals surface area contributed by atoms with E-state index in [2.05, 4.69) is 46.5 Å². The second-order valence-corrected chi connectivity index (χ2v) is 9.13. The molecule has 2 N–H and O–H groups in total. The van der Waals surface area contributed by atoms with Gasteiger partial charge in [-0.1, -0.05) is 30.7 Å². The molecule has 5 heteroatoms. The number of aromatic amines is 1. The van der Waals surface area contributed by atoms with E-state index < -0.39 is 0 Å². The Balaban J connectivity index is 1.65. The Morgan fingerprint density at radius 3 is 2.75 bits per heavy atom. The molecule has 2 unspecified atom stereocenters. The molecule has 2 aromatic carbocycles. The van der Waals surface area contributed by atoms with Crippen molar-refractivity contribution in [2.24, 2.45) is 5.92 Å². The maximum atomic E-state index is 6.42. The summed E-state index contributed by atoms with van der Waals surface area (Å²) in [6, 6.07) is 16.4. The Morgan fingerprint density at radius 1 is 1.06 bits per heavy atom. The van der Waals surface area contributed by atoms with Crippen LogP contribution in [0, 0.1) is 5.92 Å². The number of hydrogen-bond donors (Lipinski definition) is 2. The van der Waals surface area contributed by atoms with Crippen molar-refractivity contribution in [2.45, 2.75) is 25.7 Å². The van der Waals surface area contributed by atoms with E-state index in [-0.39, 0.29) is 0 Å². The highest BCUT2D eigenvalue weighted by molar-refractivity contribution is 6.31. The van der Waals surface area contributed by atoms with Gasteiger partial charge in [-0.15, -0.1) is 0 Å². The number of nitrogens with zero attached hydrogens (tertiary/aromatic N) is 1. The number of aromatic nitrogens is 2. The number of nitrogens with one attached hydrogen (secondary N) is 2. The molecule has 1 aliphatic heterocycles. The summed E-state index contributed by atoms with van der Waals surface area (Å²) in [5.74, 6) is 1.83. The largest absolute Gasteiger partial charge is 0.497 e. The van der Waals surface area contributed by atoms with Crippen LogP contribution in [0.25, 0.3) is 33.2 Å². The lowest BCUT2D eigenvalue weighted by atomic mass is 9.83. The summed E-state index contributed by atoms with van der Waals surface area (Å²) < 4.78 is 5.42. The summed E-state index contributed by atoms with van der Waals surface area (Å²) in [5.41, 5.74) is 6.84. The van der Waals surface area contributed by atoms with Gasteiger partial charge in [-0.05, 0) is 73.8 Å². The van der Waals surface area contributed by atoms with Gasteiger partial charge in [-0.3, -0.25) is 4.98 Å². The molecule has 4 aromatic rings. The molecule has 5 rings (SSSR count). The smallest absolute Gasteiger partial charge is 0.119 e. The zero-order valence-electron chi connectivity index (χ0n) is 18.5. The summed E-state index contributed by atoms with van der Waals surface area (Å²) in [4.78, 5) is 8.34. The molecule has 0 saturated carbocycles. The van der Waals surface area contributed by atoms with Gasteiger partial charge in [0.25, 0.3) is 0 Å². The first kappa shape index (κ1) is 21.0.